The van der Waals surface area contributed by atoms with E-state index in [2.05, 4.69) is 0 Å². The Bertz CT molecular complexity index is 1050. The normalized spacial score (nSPS) is 23.0. The molecule has 0 amide bonds. The van der Waals surface area contributed by atoms with E-state index in [4.69, 9.17) is 33.2 Å². The van der Waals surface area contributed by atoms with E-state index in [0.29, 0.717) is 47.5 Å². The molecule has 0 saturated carbocycles. The fourth-order valence-corrected chi connectivity index (χ4v) is 5.08. The van der Waals surface area contributed by atoms with Gasteiger partial charge in [-0.05, 0) is 35.7 Å². The second-order valence-corrected chi connectivity index (χ2v) is 7.77. The Kier molecular flexibility index (Phi) is 4.72. The van der Waals surface area contributed by atoms with Crippen molar-refractivity contribution in [1.29, 1.82) is 0 Å². The third-order valence-corrected chi connectivity index (χ3v) is 6.37. The van der Waals surface area contributed by atoms with Gasteiger partial charge in [-0.2, -0.15) is 0 Å². The van der Waals surface area contributed by atoms with Gasteiger partial charge in [0.25, 0.3) is 0 Å². The van der Waals surface area contributed by atoms with Crippen LogP contribution in [0.2, 0.25) is 0 Å². The molecule has 5 rings (SSSR count). The van der Waals surface area contributed by atoms with Gasteiger partial charge in [0.1, 0.15) is 0 Å². The Labute approximate surface area is 179 Å². The van der Waals surface area contributed by atoms with Crippen LogP contribution < -0.4 is 28.4 Å². The molecular formula is C23H24O8. The van der Waals surface area contributed by atoms with Crippen molar-refractivity contribution in [2.24, 2.45) is 11.8 Å². The third kappa shape index (κ3) is 2.85. The number of carbonyl (C=O) groups excluding carboxylic acids is 1. The van der Waals surface area contributed by atoms with Crippen molar-refractivity contribution in [2.45, 2.75) is 12.3 Å². The quantitative estimate of drug-likeness (QED) is 0.673. The number of methoxy groups -OCH3 is 4. The molecule has 0 spiro atoms. The number of ether oxygens (including phenoxy) is 7. The van der Waals surface area contributed by atoms with Crippen molar-refractivity contribution in [3.05, 3.63) is 34.9 Å². The lowest BCUT2D eigenvalue weighted by molar-refractivity contribution is -0.141. The van der Waals surface area contributed by atoms with Crippen LogP contribution in [0.25, 0.3) is 0 Å². The molecule has 1 saturated heterocycles. The molecule has 2 aromatic rings. The maximum Gasteiger partial charge on any atom is 0.310 e. The van der Waals surface area contributed by atoms with E-state index in [9.17, 15) is 4.79 Å². The molecule has 1 aliphatic carbocycles. The predicted octanol–water partition coefficient (Wildman–Crippen LogP) is 2.93. The number of benzene rings is 2. The molecular weight excluding hydrogens is 404 g/mol. The van der Waals surface area contributed by atoms with Crippen molar-refractivity contribution >= 4 is 5.97 Å². The first-order valence-corrected chi connectivity index (χ1v) is 10.1. The lowest BCUT2D eigenvalue weighted by Gasteiger charge is -2.35. The van der Waals surface area contributed by atoms with Gasteiger partial charge < -0.3 is 33.2 Å². The fourth-order valence-electron chi connectivity index (χ4n) is 5.08. The second-order valence-electron chi connectivity index (χ2n) is 7.77. The summed E-state index contributed by atoms with van der Waals surface area (Å²) in [5.41, 5.74) is 2.79. The highest BCUT2D eigenvalue weighted by Gasteiger charge is 2.49. The lowest BCUT2D eigenvalue weighted by Crippen LogP contribution is -2.32. The Morgan fingerprint density at radius 3 is 2.35 bits per heavy atom. The Balaban J connectivity index is 1.78. The van der Waals surface area contributed by atoms with E-state index in [-0.39, 0.29) is 30.5 Å². The topological polar surface area (TPSA) is 81.7 Å². The molecule has 0 radical (unpaired) electrons. The van der Waals surface area contributed by atoms with Gasteiger partial charge in [-0.15, -0.1) is 0 Å². The average Bonchev–Trinajstić information content (AvgIpc) is 3.42. The van der Waals surface area contributed by atoms with E-state index in [1.54, 1.807) is 28.4 Å². The molecule has 31 heavy (non-hydrogen) atoms. The Hall–Kier alpha value is -3.29. The summed E-state index contributed by atoms with van der Waals surface area (Å²) >= 11 is 0. The van der Waals surface area contributed by atoms with Gasteiger partial charge in [-0.25, -0.2) is 0 Å². The van der Waals surface area contributed by atoms with Crippen LogP contribution in [0.5, 0.6) is 34.5 Å². The maximum atomic E-state index is 12.9. The average molecular weight is 428 g/mol. The van der Waals surface area contributed by atoms with Gasteiger partial charge in [0.2, 0.25) is 18.3 Å². The summed E-state index contributed by atoms with van der Waals surface area (Å²) in [4.78, 5) is 12.9. The molecule has 8 nitrogen and oxygen atoms in total. The minimum Gasteiger partial charge on any atom is -0.493 e. The zero-order valence-electron chi connectivity index (χ0n) is 17.9. The smallest absolute Gasteiger partial charge is 0.310 e. The molecule has 0 N–H and O–H groups in total. The van der Waals surface area contributed by atoms with Gasteiger partial charge in [-0.3, -0.25) is 4.79 Å². The fraction of sp³-hybridized carbons (Fsp3) is 0.435. The van der Waals surface area contributed by atoms with E-state index in [0.717, 1.165) is 16.7 Å². The number of fused-ring (bicyclic) bond motifs is 3. The van der Waals surface area contributed by atoms with Gasteiger partial charge in [0.05, 0.1) is 41.0 Å². The van der Waals surface area contributed by atoms with Crippen molar-refractivity contribution in [3.8, 4) is 34.5 Å². The molecule has 164 valence electrons. The molecule has 3 atom stereocenters. The first-order valence-electron chi connectivity index (χ1n) is 10.1. The van der Waals surface area contributed by atoms with Crippen LogP contribution in [-0.4, -0.2) is 47.8 Å². The second kappa shape index (κ2) is 7.44. The van der Waals surface area contributed by atoms with Gasteiger partial charge in [0.15, 0.2) is 23.0 Å². The van der Waals surface area contributed by atoms with Crippen molar-refractivity contribution in [2.75, 3.05) is 41.8 Å². The van der Waals surface area contributed by atoms with E-state index in [1.165, 1.54) is 0 Å². The van der Waals surface area contributed by atoms with Crippen molar-refractivity contribution in [1.82, 2.24) is 0 Å². The molecule has 0 unspecified atom stereocenters. The van der Waals surface area contributed by atoms with Crippen LogP contribution in [0.4, 0.5) is 0 Å². The first-order chi connectivity index (χ1) is 15.1. The molecule has 2 heterocycles. The zero-order chi connectivity index (χ0) is 21.7. The molecule has 2 aromatic carbocycles. The minimum absolute atomic E-state index is 0.0456. The van der Waals surface area contributed by atoms with Gasteiger partial charge in [0, 0.05) is 17.4 Å². The Morgan fingerprint density at radius 1 is 0.871 bits per heavy atom. The SMILES string of the molecule is COc1cc([C@@H]2c3c(cc(OC)c(OC)c3OC)C[C@H]3COC(=O)[C@@H]32)cc2c1OCO2. The summed E-state index contributed by atoms with van der Waals surface area (Å²) in [6.07, 6.45) is 0.681. The van der Waals surface area contributed by atoms with Crippen LogP contribution in [-0.2, 0) is 16.0 Å². The summed E-state index contributed by atoms with van der Waals surface area (Å²) < 4.78 is 39.2. The largest absolute Gasteiger partial charge is 0.493 e. The number of esters is 1. The predicted molar refractivity (Wildman–Crippen MR) is 109 cm³/mol. The van der Waals surface area contributed by atoms with Crippen LogP contribution >= 0.6 is 0 Å². The number of rotatable bonds is 5. The molecule has 8 heteroatoms. The van der Waals surface area contributed by atoms with Crippen molar-refractivity contribution in [3.63, 3.8) is 0 Å². The third-order valence-electron chi connectivity index (χ3n) is 6.37. The standard InChI is InChI=1S/C23H24O8/c1-25-14-7-12(8-16-20(14)31-10-30-16)17-18-11(5-13-9-29-23(24)19(13)17)6-15(26-2)21(27-3)22(18)28-4/h6-8,13,17,19H,5,9-10H2,1-4H3/t13-,17+,19-/m0/s1. The van der Waals surface area contributed by atoms with Crippen LogP contribution in [0.3, 0.4) is 0 Å². The van der Waals surface area contributed by atoms with Gasteiger partial charge in [-0.1, -0.05) is 0 Å². The van der Waals surface area contributed by atoms with Crippen molar-refractivity contribution < 1.29 is 38.0 Å². The number of hydrogen-bond donors (Lipinski definition) is 0. The monoisotopic (exact) mass is 428 g/mol. The summed E-state index contributed by atoms with van der Waals surface area (Å²) in [7, 11) is 6.34. The van der Waals surface area contributed by atoms with Crippen LogP contribution in [0.15, 0.2) is 18.2 Å². The number of carbonyl (C=O) groups is 1. The highest BCUT2D eigenvalue weighted by Crippen LogP contribution is 2.56. The van der Waals surface area contributed by atoms with Crippen LogP contribution in [0.1, 0.15) is 22.6 Å². The molecule has 1 fully saturated rings. The lowest BCUT2D eigenvalue weighted by atomic mass is 9.67. The summed E-state index contributed by atoms with van der Waals surface area (Å²) in [5.74, 6) is 2.48. The minimum atomic E-state index is -0.357. The van der Waals surface area contributed by atoms with E-state index in [1.807, 2.05) is 18.2 Å². The van der Waals surface area contributed by atoms with E-state index < -0.39 is 0 Å². The number of hydrogen-bond acceptors (Lipinski definition) is 8. The van der Waals surface area contributed by atoms with Crippen LogP contribution in [0, 0.1) is 11.8 Å². The summed E-state index contributed by atoms with van der Waals surface area (Å²) in [6.45, 7) is 0.511. The first kappa shape index (κ1) is 19.7. The molecule has 3 aliphatic rings. The highest BCUT2D eigenvalue weighted by molar-refractivity contribution is 5.79. The zero-order valence-corrected chi connectivity index (χ0v) is 17.9. The highest BCUT2D eigenvalue weighted by atomic mass is 16.7. The molecule has 0 bridgehead atoms. The summed E-state index contributed by atoms with van der Waals surface area (Å²) in [6, 6.07) is 5.77. The van der Waals surface area contributed by atoms with Gasteiger partial charge >= 0.3 is 5.97 Å². The summed E-state index contributed by atoms with van der Waals surface area (Å²) in [5, 5.41) is 0. The molecule has 2 aliphatic heterocycles. The van der Waals surface area contributed by atoms with E-state index >= 15 is 0 Å². The Morgan fingerprint density at radius 2 is 1.65 bits per heavy atom. The molecule has 0 aromatic heterocycles. The number of cyclic esters (lactones) is 1. The maximum absolute atomic E-state index is 12.9.